The number of piperazine rings is 2. The van der Waals surface area contributed by atoms with Gasteiger partial charge in [-0.05, 0) is 97.9 Å². The molecular formula is C68H79F6N17O3. The average molecular weight is 1300 g/mol. The lowest BCUT2D eigenvalue weighted by molar-refractivity contribution is -0.139. The number of aromatic nitrogens is 8. The van der Waals surface area contributed by atoms with Crippen LogP contribution in [0.4, 0.5) is 61.2 Å². The maximum absolute atomic E-state index is 14.1. The van der Waals surface area contributed by atoms with E-state index in [1.54, 1.807) is 70.3 Å². The molecule has 94 heavy (non-hydrogen) atoms. The zero-order valence-corrected chi connectivity index (χ0v) is 53.3. The van der Waals surface area contributed by atoms with Crippen molar-refractivity contribution in [1.29, 1.82) is 0 Å². The summed E-state index contributed by atoms with van der Waals surface area (Å²) in [6.07, 6.45) is 2.75. The van der Waals surface area contributed by atoms with E-state index in [2.05, 4.69) is 77.7 Å². The van der Waals surface area contributed by atoms with Crippen LogP contribution >= 0.6 is 0 Å². The molecule has 7 heterocycles. The largest absolute Gasteiger partial charge is 0.416 e. The summed E-state index contributed by atoms with van der Waals surface area (Å²) in [6, 6.07) is 23.2. The Morgan fingerprint density at radius 2 is 1.03 bits per heavy atom. The summed E-state index contributed by atoms with van der Waals surface area (Å²) in [6.45, 7) is 18.4. The van der Waals surface area contributed by atoms with Crippen LogP contribution in [-0.2, 0) is 43.0 Å². The molecule has 8 aromatic rings. The van der Waals surface area contributed by atoms with Crippen LogP contribution in [0.2, 0.25) is 0 Å². The molecule has 0 amide bonds. The van der Waals surface area contributed by atoms with Gasteiger partial charge in [-0.2, -0.15) is 26.3 Å². The Morgan fingerprint density at radius 3 is 1.52 bits per heavy atom. The van der Waals surface area contributed by atoms with E-state index in [4.69, 9.17) is 4.74 Å². The number of hydrogen-bond donors (Lipinski definition) is 4. The number of Topliss-reactive ketones (excluding diaryl/α,β-unsaturated/α-hetero) is 2. The van der Waals surface area contributed by atoms with Gasteiger partial charge in [0.15, 0.2) is 11.6 Å². The Kier molecular flexibility index (Phi) is 21.4. The Hall–Kier alpha value is -8.66. The van der Waals surface area contributed by atoms with Crippen LogP contribution < -0.4 is 21.3 Å². The summed E-state index contributed by atoms with van der Waals surface area (Å²) < 4.78 is 93.8. The lowest BCUT2D eigenvalue weighted by atomic mass is 9.97. The van der Waals surface area contributed by atoms with E-state index in [1.807, 2.05) is 50.1 Å². The van der Waals surface area contributed by atoms with E-state index in [-0.39, 0.29) is 48.6 Å². The van der Waals surface area contributed by atoms with Gasteiger partial charge in [0.25, 0.3) is 0 Å². The van der Waals surface area contributed by atoms with Crippen molar-refractivity contribution in [2.24, 2.45) is 0 Å². The molecule has 4 aliphatic rings. The topological polar surface area (TPSA) is 195 Å². The number of carbonyl (C=O) groups excluding carboxylic acids is 2. The van der Waals surface area contributed by atoms with Gasteiger partial charge >= 0.3 is 12.4 Å². The number of alkyl halides is 6. The monoisotopic (exact) mass is 1300 g/mol. The molecule has 3 aliphatic heterocycles. The molecule has 20 nitrogen and oxygen atoms in total. The molecule has 0 spiro atoms. The maximum atomic E-state index is 14.1. The highest BCUT2D eigenvalue weighted by atomic mass is 19.4. The van der Waals surface area contributed by atoms with Crippen LogP contribution in [-0.4, -0.2) is 186 Å². The molecule has 1 saturated carbocycles. The molecule has 26 heteroatoms. The highest BCUT2D eigenvalue weighted by Crippen LogP contribution is 2.36. The maximum Gasteiger partial charge on any atom is 0.416 e. The third kappa shape index (κ3) is 17.8. The molecule has 4 aromatic carbocycles. The van der Waals surface area contributed by atoms with E-state index >= 15 is 0 Å². The van der Waals surface area contributed by atoms with Crippen LogP contribution in [0.1, 0.15) is 85.0 Å². The quantitative estimate of drug-likeness (QED) is 0.0348. The summed E-state index contributed by atoms with van der Waals surface area (Å²) in [4.78, 5) is 64.0. The second-order valence-corrected chi connectivity index (χ2v) is 24.3. The van der Waals surface area contributed by atoms with Gasteiger partial charge in [-0.15, -0.1) is 0 Å². The fraction of sp³-hybridized carbons (Fsp3) is 0.412. The van der Waals surface area contributed by atoms with Crippen molar-refractivity contribution >= 4 is 46.5 Å². The molecule has 4 aromatic heterocycles. The van der Waals surface area contributed by atoms with E-state index < -0.39 is 23.5 Å². The number of rotatable bonds is 23. The number of nitrogens with one attached hydrogen (secondary N) is 4. The Morgan fingerprint density at radius 1 is 0.553 bits per heavy atom. The summed E-state index contributed by atoms with van der Waals surface area (Å²) in [5.41, 5.74) is 3.59. The van der Waals surface area contributed by atoms with Crippen LogP contribution in [0.25, 0.3) is 11.6 Å². The van der Waals surface area contributed by atoms with E-state index in [0.717, 1.165) is 127 Å². The van der Waals surface area contributed by atoms with Gasteiger partial charge in [0.05, 0.1) is 24.3 Å². The van der Waals surface area contributed by atoms with Gasteiger partial charge in [-0.1, -0.05) is 55.5 Å². The summed E-state index contributed by atoms with van der Waals surface area (Å²) in [7, 11) is 2.01. The molecule has 12 rings (SSSR count). The molecule has 1 aliphatic carbocycles. The number of anilines is 6. The molecule has 0 atom stereocenters. The Bertz CT molecular complexity index is 3890. The van der Waals surface area contributed by atoms with Crippen molar-refractivity contribution in [2.45, 2.75) is 77.9 Å². The second-order valence-electron chi connectivity index (χ2n) is 24.3. The predicted molar refractivity (Wildman–Crippen MR) is 349 cm³/mol. The first kappa shape index (κ1) is 66.8. The first-order chi connectivity index (χ1) is 45.3. The molecular weight excluding hydrogens is 1220 g/mol. The molecule has 496 valence electrons. The van der Waals surface area contributed by atoms with Gasteiger partial charge in [-0.25, -0.2) is 29.9 Å². The first-order valence-corrected chi connectivity index (χ1v) is 31.9. The molecule has 4 fully saturated rings. The number of morpholine rings is 1. The zero-order valence-electron chi connectivity index (χ0n) is 53.3. The zero-order chi connectivity index (χ0) is 65.9. The summed E-state index contributed by atoms with van der Waals surface area (Å²) in [5, 5.41) is 13.3. The highest BCUT2D eigenvalue weighted by molar-refractivity contribution is 5.99. The lowest BCUT2D eigenvalue weighted by Gasteiger charge is -2.34. The SMILES string of the molecule is CCN1CCN(Cc2ccc(CC(=O)c3ccc(C)c(Nc4nccn4-c4cc(NC5CC5)ncn4)c3)cc2C(F)(F)F)CC1.Cc1ccc(C(=O)Cc2ccc(CN3CCN(C)CC3)c(C(F)(F)F)c2)cc1Nc1nccn1-c1cc(NCCN2CCOCC2)ncn1. The number of nitrogens with zero attached hydrogens (tertiary/aromatic N) is 13. The summed E-state index contributed by atoms with van der Waals surface area (Å²) >= 11 is 0. The van der Waals surface area contributed by atoms with Crippen LogP contribution in [0.15, 0.2) is 122 Å². The van der Waals surface area contributed by atoms with Crippen molar-refractivity contribution in [3.63, 3.8) is 0 Å². The molecule has 0 unspecified atom stereocenters. The van der Waals surface area contributed by atoms with Crippen molar-refractivity contribution in [1.82, 2.24) is 63.5 Å². The number of ketones is 2. The number of aryl methyl sites for hydroxylation is 2. The smallest absolute Gasteiger partial charge is 0.379 e. The number of carbonyl (C=O) groups is 2. The Labute approximate surface area is 542 Å². The minimum Gasteiger partial charge on any atom is -0.379 e. The Balaban J connectivity index is 0.000000192. The van der Waals surface area contributed by atoms with Crippen molar-refractivity contribution in [2.75, 3.05) is 127 Å². The van der Waals surface area contributed by atoms with Gasteiger partial charge in [-0.3, -0.25) is 33.4 Å². The minimum atomic E-state index is -4.52. The number of imidazole rings is 2. The van der Waals surface area contributed by atoms with Gasteiger partial charge in [0.2, 0.25) is 11.9 Å². The normalized spacial score (nSPS) is 16.3. The number of benzene rings is 4. The van der Waals surface area contributed by atoms with Crippen molar-refractivity contribution in [3.8, 4) is 11.6 Å². The van der Waals surface area contributed by atoms with Gasteiger partial charge < -0.3 is 35.8 Å². The number of halogens is 6. The van der Waals surface area contributed by atoms with Crippen LogP contribution in [0, 0.1) is 13.8 Å². The minimum absolute atomic E-state index is 0.145. The molecule has 0 bridgehead atoms. The van der Waals surface area contributed by atoms with Gasteiger partial charge in [0.1, 0.15) is 35.9 Å². The molecule has 3 saturated heterocycles. The third-order valence-corrected chi connectivity index (χ3v) is 17.4. The third-order valence-electron chi connectivity index (χ3n) is 17.4. The summed E-state index contributed by atoms with van der Waals surface area (Å²) in [5.74, 6) is 3.08. The van der Waals surface area contributed by atoms with Crippen molar-refractivity contribution < 1.29 is 40.7 Å². The standard InChI is InChI=1S/C35H42F3N9O2.C33H37F3N8O/c1-25-3-5-27(31(48)20-26-4-6-28(29(19-26)35(36,37)38)23-46-13-11-44(2)12-14-46)21-30(25)43-34-40-8-10-47(34)33-22-32(41-24-42-33)39-7-9-45-15-17-49-18-16-45;1-3-42-12-14-43(15-13-42)20-25-7-5-23(16-27(25)33(34,35)36)17-29(45)24-6-4-22(2)28(18-24)41-32-37-10-11-44(32)31-19-30(38-21-39-31)40-26-8-9-26/h3-6,8,10,19,21-22,24H,7,9,11-18,20,23H2,1-2H3,(H,40,43)(H,39,41,42);4-7,10-11,16,18-19,21,26H,3,8-9,12-15,17,20H2,1-2H3,(H,37,41)(H,38,39,40). The van der Waals surface area contributed by atoms with Crippen molar-refractivity contribution in [3.05, 3.63) is 178 Å². The lowest BCUT2D eigenvalue weighted by Crippen LogP contribution is -2.45. The second kappa shape index (κ2) is 30.2. The first-order valence-electron chi connectivity index (χ1n) is 31.9. The van der Waals surface area contributed by atoms with Crippen LogP contribution in [0.5, 0.6) is 0 Å². The van der Waals surface area contributed by atoms with Crippen LogP contribution in [0.3, 0.4) is 0 Å². The molecule has 4 N–H and O–H groups in total. The fourth-order valence-electron chi connectivity index (χ4n) is 11.6. The van der Waals surface area contributed by atoms with Gasteiger partial charge in [0, 0.05) is 170 Å². The predicted octanol–water partition coefficient (Wildman–Crippen LogP) is 10.5. The number of likely N-dealkylation sites (N-methyl/N-ethyl adjacent to an activating group) is 2. The number of hydrogen-bond acceptors (Lipinski definition) is 18. The van der Waals surface area contributed by atoms with E-state index in [1.165, 1.54) is 24.8 Å². The highest BCUT2D eigenvalue weighted by Gasteiger charge is 2.36. The van der Waals surface area contributed by atoms with E-state index in [9.17, 15) is 35.9 Å². The average Bonchev–Trinajstić information content (AvgIpc) is 1.10. The fourth-order valence-corrected chi connectivity index (χ4v) is 11.6. The van der Waals surface area contributed by atoms with E-state index in [0.29, 0.717) is 82.1 Å². The number of ether oxygens (including phenoxy) is 1. The molecule has 0 radical (unpaired) electrons.